The fourth-order valence-electron chi connectivity index (χ4n) is 2.67. The van der Waals surface area contributed by atoms with Gasteiger partial charge in [-0.3, -0.25) is 14.6 Å². The third-order valence-electron chi connectivity index (χ3n) is 4.10. The molecule has 0 aliphatic rings. The van der Waals surface area contributed by atoms with E-state index in [4.69, 9.17) is 9.47 Å². The van der Waals surface area contributed by atoms with Crippen molar-refractivity contribution in [3.8, 4) is 17.6 Å². The molecular formula is C19H18FN3O5S. The van der Waals surface area contributed by atoms with Crippen LogP contribution in [-0.4, -0.2) is 35.2 Å². The van der Waals surface area contributed by atoms with E-state index in [1.54, 1.807) is 12.1 Å². The second kappa shape index (κ2) is 8.74. The van der Waals surface area contributed by atoms with Crippen LogP contribution in [0.25, 0.3) is 0 Å². The number of nitrogens with zero attached hydrogens (tertiary/aromatic N) is 1. The lowest BCUT2D eigenvalue weighted by Gasteiger charge is -2.11. The van der Waals surface area contributed by atoms with Crippen LogP contribution in [0.5, 0.6) is 17.6 Å². The molecule has 152 valence electrons. The van der Waals surface area contributed by atoms with Gasteiger partial charge in [0.2, 0.25) is 17.6 Å². The van der Waals surface area contributed by atoms with E-state index < -0.39 is 11.7 Å². The van der Waals surface area contributed by atoms with Gasteiger partial charge in [-0.25, -0.2) is 4.39 Å². The van der Waals surface area contributed by atoms with Gasteiger partial charge in [-0.15, -0.1) is 0 Å². The molecule has 2 aromatic heterocycles. The van der Waals surface area contributed by atoms with Crippen LogP contribution < -0.4 is 19.7 Å². The lowest BCUT2D eigenvalue weighted by atomic mass is 10.1. The Morgan fingerprint density at radius 2 is 2.07 bits per heavy atom. The number of pyridine rings is 1. The number of H-pyrrole nitrogens is 1. The van der Waals surface area contributed by atoms with Crippen LogP contribution >= 0.6 is 11.3 Å². The van der Waals surface area contributed by atoms with Crippen LogP contribution in [0.3, 0.4) is 0 Å². The average molecular weight is 419 g/mol. The van der Waals surface area contributed by atoms with E-state index in [2.05, 4.69) is 15.3 Å². The van der Waals surface area contributed by atoms with Crippen molar-refractivity contribution >= 4 is 17.2 Å². The maximum absolute atomic E-state index is 14.2. The third kappa shape index (κ3) is 4.72. The predicted octanol–water partition coefficient (Wildman–Crippen LogP) is 2.21. The standard InChI is InChI=1S/C19H18FN3O5S/c1-27-15-6-4-12(18(22-15)28-2)16(24)21-9-11-7-10(3-5-13(11)20)8-14-17(25)23-19(26)29-14/h3-7,25H,8-9H2,1-2H3,(H,21,24)(H,23,26). The van der Waals surface area contributed by atoms with Crippen LogP contribution in [0, 0.1) is 5.82 Å². The molecule has 29 heavy (non-hydrogen) atoms. The molecule has 0 saturated heterocycles. The van der Waals surface area contributed by atoms with E-state index in [0.29, 0.717) is 16.3 Å². The highest BCUT2D eigenvalue weighted by Gasteiger charge is 2.16. The number of amides is 1. The second-order valence-electron chi connectivity index (χ2n) is 5.98. The Morgan fingerprint density at radius 3 is 2.72 bits per heavy atom. The van der Waals surface area contributed by atoms with Crippen molar-refractivity contribution < 1.29 is 23.8 Å². The Balaban J connectivity index is 1.74. The number of methoxy groups -OCH3 is 2. The minimum Gasteiger partial charge on any atom is -0.494 e. The first-order chi connectivity index (χ1) is 13.9. The van der Waals surface area contributed by atoms with Crippen molar-refractivity contribution in [2.24, 2.45) is 0 Å². The topological polar surface area (TPSA) is 114 Å². The van der Waals surface area contributed by atoms with Gasteiger partial charge in [-0.05, 0) is 17.7 Å². The van der Waals surface area contributed by atoms with Crippen molar-refractivity contribution in [3.05, 3.63) is 67.4 Å². The molecule has 2 heterocycles. The molecule has 0 bridgehead atoms. The molecule has 0 fully saturated rings. The predicted molar refractivity (Wildman–Crippen MR) is 104 cm³/mol. The largest absolute Gasteiger partial charge is 0.494 e. The van der Waals surface area contributed by atoms with Gasteiger partial charge >= 0.3 is 4.87 Å². The highest BCUT2D eigenvalue weighted by molar-refractivity contribution is 7.09. The molecule has 3 aromatic rings. The van der Waals surface area contributed by atoms with E-state index in [1.807, 2.05) is 0 Å². The van der Waals surface area contributed by atoms with Crippen molar-refractivity contribution in [1.29, 1.82) is 0 Å². The number of ether oxygens (including phenoxy) is 2. The van der Waals surface area contributed by atoms with Crippen molar-refractivity contribution in [2.45, 2.75) is 13.0 Å². The number of nitrogens with one attached hydrogen (secondary N) is 2. The number of carbonyl (C=O) groups is 1. The lowest BCUT2D eigenvalue weighted by molar-refractivity contribution is 0.0946. The van der Waals surface area contributed by atoms with E-state index in [9.17, 15) is 19.1 Å². The smallest absolute Gasteiger partial charge is 0.307 e. The molecule has 0 spiro atoms. The summed E-state index contributed by atoms with van der Waals surface area (Å²) >= 11 is 0.886. The fraction of sp³-hybridized carbons (Fsp3) is 0.211. The Bertz CT molecular complexity index is 1100. The molecule has 0 unspecified atom stereocenters. The molecule has 8 nitrogen and oxygen atoms in total. The number of aromatic hydroxyl groups is 1. The SMILES string of the molecule is COc1ccc(C(=O)NCc2cc(Cc3sc(=O)[nH]c3O)ccc2F)c(OC)n1. The van der Waals surface area contributed by atoms with Crippen molar-refractivity contribution in [3.63, 3.8) is 0 Å². The normalized spacial score (nSPS) is 10.6. The summed E-state index contributed by atoms with van der Waals surface area (Å²) in [7, 11) is 2.83. The highest BCUT2D eigenvalue weighted by atomic mass is 32.1. The van der Waals surface area contributed by atoms with Gasteiger partial charge in [-0.1, -0.05) is 23.5 Å². The van der Waals surface area contributed by atoms with Crippen LogP contribution in [0.4, 0.5) is 4.39 Å². The van der Waals surface area contributed by atoms with Gasteiger partial charge in [-0.2, -0.15) is 4.98 Å². The van der Waals surface area contributed by atoms with Crippen LogP contribution in [0.2, 0.25) is 0 Å². The Labute approximate surface area is 169 Å². The van der Waals surface area contributed by atoms with Gasteiger partial charge in [0.15, 0.2) is 0 Å². The number of carbonyl (C=O) groups excluding carboxylic acids is 1. The number of rotatable bonds is 7. The second-order valence-corrected chi connectivity index (χ2v) is 7.05. The summed E-state index contributed by atoms with van der Waals surface area (Å²) in [4.78, 5) is 30.2. The summed E-state index contributed by atoms with van der Waals surface area (Å²) < 4.78 is 24.3. The van der Waals surface area contributed by atoms with Crippen molar-refractivity contribution in [2.75, 3.05) is 14.2 Å². The van der Waals surface area contributed by atoms with E-state index in [1.165, 1.54) is 32.4 Å². The number of halogens is 1. The van der Waals surface area contributed by atoms with Crippen LogP contribution in [0.15, 0.2) is 35.1 Å². The summed E-state index contributed by atoms with van der Waals surface area (Å²) in [5, 5.41) is 12.3. The number of thiazole rings is 1. The van der Waals surface area contributed by atoms with Gasteiger partial charge in [0, 0.05) is 24.6 Å². The van der Waals surface area contributed by atoms with Gasteiger partial charge in [0.1, 0.15) is 11.4 Å². The maximum atomic E-state index is 14.2. The van der Waals surface area contributed by atoms with Gasteiger partial charge < -0.3 is 19.9 Å². The Kier molecular flexibility index (Phi) is 6.13. The number of hydrogen-bond acceptors (Lipinski definition) is 7. The average Bonchev–Trinajstić information content (AvgIpc) is 3.04. The zero-order chi connectivity index (χ0) is 21.0. The first-order valence-corrected chi connectivity index (χ1v) is 9.28. The van der Waals surface area contributed by atoms with Crippen LogP contribution in [0.1, 0.15) is 26.4 Å². The van der Waals surface area contributed by atoms with Crippen LogP contribution in [-0.2, 0) is 13.0 Å². The highest BCUT2D eigenvalue weighted by Crippen LogP contribution is 2.22. The summed E-state index contributed by atoms with van der Waals surface area (Å²) in [6.45, 7) is -0.0664. The molecular weight excluding hydrogens is 401 g/mol. The number of aromatic nitrogens is 2. The molecule has 0 aliphatic carbocycles. The molecule has 0 aliphatic heterocycles. The van der Waals surface area contributed by atoms with Gasteiger partial charge in [0.25, 0.3) is 5.91 Å². The summed E-state index contributed by atoms with van der Waals surface area (Å²) in [5.41, 5.74) is 1.13. The molecule has 3 N–H and O–H groups in total. The fourth-order valence-corrected chi connectivity index (χ4v) is 3.43. The Morgan fingerprint density at radius 1 is 1.28 bits per heavy atom. The first kappa shape index (κ1) is 20.3. The summed E-state index contributed by atoms with van der Waals surface area (Å²) in [6, 6.07) is 7.43. The molecule has 0 saturated carbocycles. The molecule has 0 radical (unpaired) electrons. The third-order valence-corrected chi connectivity index (χ3v) is 4.97. The summed E-state index contributed by atoms with van der Waals surface area (Å²) in [6.07, 6.45) is 0.257. The summed E-state index contributed by atoms with van der Waals surface area (Å²) in [5.74, 6) is -0.775. The molecule has 1 amide bonds. The molecule has 1 aromatic carbocycles. The number of aromatic amines is 1. The van der Waals surface area contributed by atoms with Gasteiger partial charge in [0.05, 0.1) is 19.1 Å². The van der Waals surface area contributed by atoms with Crippen molar-refractivity contribution in [1.82, 2.24) is 15.3 Å². The Hall–Kier alpha value is -3.40. The lowest BCUT2D eigenvalue weighted by Crippen LogP contribution is -2.24. The molecule has 3 rings (SSSR count). The van der Waals surface area contributed by atoms with E-state index in [0.717, 1.165) is 11.3 Å². The number of hydrogen-bond donors (Lipinski definition) is 3. The monoisotopic (exact) mass is 419 g/mol. The zero-order valence-corrected chi connectivity index (χ0v) is 16.4. The minimum atomic E-state index is -0.486. The minimum absolute atomic E-state index is 0.0664. The maximum Gasteiger partial charge on any atom is 0.307 e. The van der Waals surface area contributed by atoms with E-state index in [-0.39, 0.29) is 40.7 Å². The number of benzene rings is 1. The molecule has 0 atom stereocenters. The zero-order valence-electron chi connectivity index (χ0n) is 15.6. The first-order valence-electron chi connectivity index (χ1n) is 8.46. The quantitative estimate of drug-likeness (QED) is 0.541. The molecule has 10 heteroatoms. The van der Waals surface area contributed by atoms with E-state index >= 15 is 0 Å².